The van der Waals surface area contributed by atoms with Crippen molar-refractivity contribution in [1.82, 2.24) is 14.8 Å². The molecule has 1 heterocycles. The number of nitrogen functional groups attached to an aromatic ring is 2. The molecule has 0 bridgehead atoms. The molecule has 1 aromatic heterocycles. The second-order valence-corrected chi connectivity index (χ2v) is 4.32. The van der Waals surface area contributed by atoms with Crippen LogP contribution in [0.3, 0.4) is 0 Å². The lowest BCUT2D eigenvalue weighted by atomic mass is 10.1. The fourth-order valence-corrected chi connectivity index (χ4v) is 1.77. The second-order valence-electron chi connectivity index (χ2n) is 4.32. The Labute approximate surface area is 116 Å². The summed E-state index contributed by atoms with van der Waals surface area (Å²) < 4.78 is 6.91. The average molecular weight is 275 g/mol. The molecule has 0 radical (unpaired) electrons. The smallest absolute Gasteiger partial charge is 0.340 e. The minimum Gasteiger partial charge on any atom is -0.454 e. The highest BCUT2D eigenvalue weighted by atomic mass is 16.5. The lowest BCUT2D eigenvalue weighted by molar-refractivity contribution is 0.0458. The van der Waals surface area contributed by atoms with Crippen LogP contribution >= 0.6 is 0 Å². The van der Waals surface area contributed by atoms with Crippen LogP contribution in [0.4, 0.5) is 11.4 Å². The van der Waals surface area contributed by atoms with Gasteiger partial charge in [-0.2, -0.15) is 5.10 Å². The van der Waals surface area contributed by atoms with Gasteiger partial charge in [-0.05, 0) is 24.6 Å². The van der Waals surface area contributed by atoms with Crippen molar-refractivity contribution >= 4 is 17.3 Å². The van der Waals surface area contributed by atoms with E-state index in [0.29, 0.717) is 22.8 Å². The number of aryl methyl sites for hydroxylation is 1. The Bertz CT molecular complexity index is 609. The number of nitrogens with zero attached hydrogens (tertiary/aromatic N) is 3. The van der Waals surface area contributed by atoms with E-state index in [1.54, 1.807) is 16.8 Å². The van der Waals surface area contributed by atoms with Crippen molar-refractivity contribution in [2.24, 2.45) is 0 Å². The van der Waals surface area contributed by atoms with Gasteiger partial charge in [-0.25, -0.2) is 14.5 Å². The van der Waals surface area contributed by atoms with Crippen molar-refractivity contribution in [2.45, 2.75) is 26.5 Å². The normalized spacial score (nSPS) is 10.4. The van der Waals surface area contributed by atoms with Crippen molar-refractivity contribution in [3.8, 4) is 0 Å². The van der Waals surface area contributed by atoms with E-state index < -0.39 is 5.97 Å². The number of nitrogens with two attached hydrogens (primary N) is 2. The van der Waals surface area contributed by atoms with E-state index in [1.807, 2.05) is 6.92 Å². The van der Waals surface area contributed by atoms with Crippen LogP contribution in [0.2, 0.25) is 0 Å². The molecule has 0 aliphatic carbocycles. The third-order valence-electron chi connectivity index (χ3n) is 2.76. The molecule has 106 valence electrons. The van der Waals surface area contributed by atoms with Crippen LogP contribution in [-0.2, 0) is 17.9 Å². The first kappa shape index (κ1) is 13.9. The zero-order chi connectivity index (χ0) is 14.5. The number of aromatic nitrogens is 3. The molecule has 0 aliphatic rings. The molecule has 0 atom stereocenters. The zero-order valence-corrected chi connectivity index (χ0v) is 11.2. The fraction of sp³-hybridized carbons (Fsp3) is 0.308. The van der Waals surface area contributed by atoms with Crippen LogP contribution in [0.1, 0.15) is 29.5 Å². The molecule has 2 aromatic rings. The van der Waals surface area contributed by atoms with Gasteiger partial charge in [-0.15, -0.1) is 0 Å². The van der Waals surface area contributed by atoms with Gasteiger partial charge in [-0.3, -0.25) is 0 Å². The number of hydrogen-bond acceptors (Lipinski definition) is 6. The molecule has 1 aromatic carbocycles. The Morgan fingerprint density at radius 3 is 2.90 bits per heavy atom. The van der Waals surface area contributed by atoms with Gasteiger partial charge in [0.2, 0.25) is 0 Å². The highest BCUT2D eigenvalue weighted by Crippen LogP contribution is 2.17. The predicted octanol–water partition coefficient (Wildman–Crippen LogP) is 1.21. The van der Waals surface area contributed by atoms with Gasteiger partial charge in [0, 0.05) is 17.9 Å². The summed E-state index contributed by atoms with van der Waals surface area (Å²) in [6, 6.07) is 4.67. The minimum atomic E-state index is -0.506. The number of anilines is 2. The molecule has 0 fully saturated rings. The largest absolute Gasteiger partial charge is 0.454 e. The molecule has 0 spiro atoms. The summed E-state index contributed by atoms with van der Waals surface area (Å²) >= 11 is 0. The van der Waals surface area contributed by atoms with Crippen molar-refractivity contribution < 1.29 is 9.53 Å². The first-order valence-corrected chi connectivity index (χ1v) is 6.30. The molecule has 0 saturated heterocycles. The quantitative estimate of drug-likeness (QED) is 0.627. The Balaban J connectivity index is 2.03. The van der Waals surface area contributed by atoms with Crippen molar-refractivity contribution in [3.63, 3.8) is 0 Å². The number of esters is 1. The van der Waals surface area contributed by atoms with Gasteiger partial charge in [-0.1, -0.05) is 6.92 Å². The topological polar surface area (TPSA) is 109 Å². The van der Waals surface area contributed by atoms with E-state index in [0.717, 1.165) is 13.0 Å². The maximum atomic E-state index is 11.9. The second kappa shape index (κ2) is 6.05. The molecule has 0 unspecified atom stereocenters. The Morgan fingerprint density at radius 2 is 2.20 bits per heavy atom. The highest BCUT2D eigenvalue weighted by Gasteiger charge is 2.13. The molecular formula is C13H17N5O2. The van der Waals surface area contributed by atoms with Crippen LogP contribution in [0, 0.1) is 0 Å². The summed E-state index contributed by atoms with van der Waals surface area (Å²) in [5.41, 5.74) is 12.4. The van der Waals surface area contributed by atoms with Crippen molar-refractivity contribution in [2.75, 3.05) is 11.5 Å². The van der Waals surface area contributed by atoms with Crippen LogP contribution in [0.25, 0.3) is 0 Å². The number of carbonyl (C=O) groups is 1. The summed E-state index contributed by atoms with van der Waals surface area (Å²) in [5.74, 6) is 0.0998. The van der Waals surface area contributed by atoms with E-state index in [1.165, 1.54) is 12.4 Å². The van der Waals surface area contributed by atoms with Crippen LogP contribution in [0.5, 0.6) is 0 Å². The summed E-state index contributed by atoms with van der Waals surface area (Å²) in [6.45, 7) is 2.83. The third kappa shape index (κ3) is 3.05. The number of rotatable bonds is 5. The van der Waals surface area contributed by atoms with E-state index in [-0.39, 0.29) is 6.61 Å². The average Bonchev–Trinajstić information content (AvgIpc) is 2.84. The van der Waals surface area contributed by atoms with Gasteiger partial charge in [0.25, 0.3) is 0 Å². The minimum absolute atomic E-state index is 0.0582. The van der Waals surface area contributed by atoms with Gasteiger partial charge in [0.15, 0.2) is 12.4 Å². The Morgan fingerprint density at radius 1 is 1.40 bits per heavy atom. The lowest BCUT2D eigenvalue weighted by Gasteiger charge is -2.08. The van der Waals surface area contributed by atoms with Crippen LogP contribution in [0.15, 0.2) is 24.5 Å². The summed E-state index contributed by atoms with van der Waals surface area (Å²) in [5, 5.41) is 4.06. The first-order chi connectivity index (χ1) is 9.61. The van der Waals surface area contributed by atoms with E-state index in [4.69, 9.17) is 16.2 Å². The zero-order valence-electron chi connectivity index (χ0n) is 11.2. The number of carbonyl (C=O) groups excluding carboxylic acids is 1. The van der Waals surface area contributed by atoms with Gasteiger partial charge < -0.3 is 16.2 Å². The van der Waals surface area contributed by atoms with E-state index in [9.17, 15) is 4.79 Å². The number of ether oxygens (including phenoxy) is 1. The Kier molecular flexibility index (Phi) is 4.19. The lowest BCUT2D eigenvalue weighted by Crippen LogP contribution is -2.12. The molecule has 0 amide bonds. The predicted molar refractivity (Wildman–Crippen MR) is 74.7 cm³/mol. The maximum Gasteiger partial charge on any atom is 0.340 e. The van der Waals surface area contributed by atoms with E-state index >= 15 is 0 Å². The maximum absolute atomic E-state index is 11.9. The molecule has 2 rings (SSSR count). The standard InChI is InChI=1S/C13H17N5O2/c1-2-5-18-12(16-8-17-18)7-20-13(19)10-4-3-9(14)6-11(10)15/h3-4,6,8H,2,5,7,14-15H2,1H3. The molecule has 20 heavy (non-hydrogen) atoms. The highest BCUT2D eigenvalue weighted by molar-refractivity contribution is 5.95. The number of hydrogen-bond donors (Lipinski definition) is 2. The molecule has 0 saturated carbocycles. The third-order valence-corrected chi connectivity index (χ3v) is 2.76. The summed E-state index contributed by atoms with van der Waals surface area (Å²) in [7, 11) is 0. The summed E-state index contributed by atoms with van der Waals surface area (Å²) in [4.78, 5) is 16.0. The SMILES string of the molecule is CCCn1ncnc1COC(=O)c1ccc(N)cc1N. The monoisotopic (exact) mass is 275 g/mol. The molecular weight excluding hydrogens is 258 g/mol. The van der Waals surface area contributed by atoms with Gasteiger partial charge in [0.05, 0.1) is 5.56 Å². The molecule has 0 aliphatic heterocycles. The first-order valence-electron chi connectivity index (χ1n) is 6.30. The van der Waals surface area contributed by atoms with Crippen LogP contribution in [-0.4, -0.2) is 20.7 Å². The molecule has 4 N–H and O–H groups in total. The van der Waals surface area contributed by atoms with Crippen molar-refractivity contribution in [1.29, 1.82) is 0 Å². The fourth-order valence-electron chi connectivity index (χ4n) is 1.77. The summed E-state index contributed by atoms with van der Waals surface area (Å²) in [6.07, 6.45) is 2.37. The molecule has 7 heteroatoms. The molecule has 7 nitrogen and oxygen atoms in total. The van der Waals surface area contributed by atoms with Gasteiger partial charge in [0.1, 0.15) is 6.33 Å². The van der Waals surface area contributed by atoms with E-state index in [2.05, 4.69) is 10.1 Å². The number of benzene rings is 1. The Hall–Kier alpha value is -2.57. The van der Waals surface area contributed by atoms with Crippen LogP contribution < -0.4 is 11.5 Å². The van der Waals surface area contributed by atoms with Crippen molar-refractivity contribution in [3.05, 3.63) is 35.9 Å². The van der Waals surface area contributed by atoms with Gasteiger partial charge >= 0.3 is 5.97 Å².